The Morgan fingerprint density at radius 3 is 2.75 bits per heavy atom. The standard InChI is InChI=1S/C16H21N5O3/c1-16(2,15(17)23)9-24-14(22)10-7-18-13-12(10)20-11(8-19-13)21-5-3-4-6-21/h7-8H,3-6,9H2,1-2H3,(H2,17,23)(H,18,19). The number of ether oxygens (including phenoxy) is 1. The second-order valence-electron chi connectivity index (χ2n) is 6.65. The van der Waals surface area contributed by atoms with Crippen molar-refractivity contribution >= 4 is 28.9 Å². The van der Waals surface area contributed by atoms with E-state index in [9.17, 15) is 9.59 Å². The molecule has 8 nitrogen and oxygen atoms in total. The van der Waals surface area contributed by atoms with Crippen LogP contribution in [0, 0.1) is 5.41 Å². The first-order valence-corrected chi connectivity index (χ1v) is 7.94. The minimum Gasteiger partial charge on any atom is -0.461 e. The van der Waals surface area contributed by atoms with E-state index in [1.165, 1.54) is 6.20 Å². The van der Waals surface area contributed by atoms with E-state index in [4.69, 9.17) is 10.5 Å². The predicted octanol–water partition coefficient (Wildman–Crippen LogP) is 1.23. The number of hydrogen-bond acceptors (Lipinski definition) is 6. The summed E-state index contributed by atoms with van der Waals surface area (Å²) in [7, 11) is 0. The number of carbonyl (C=O) groups excluding carboxylic acids is 2. The van der Waals surface area contributed by atoms with Crippen LogP contribution in [-0.2, 0) is 9.53 Å². The third-order valence-corrected chi connectivity index (χ3v) is 4.25. The molecule has 3 heterocycles. The molecular weight excluding hydrogens is 310 g/mol. The third-order valence-electron chi connectivity index (χ3n) is 4.25. The van der Waals surface area contributed by atoms with Crippen LogP contribution in [0.3, 0.4) is 0 Å². The number of nitrogens with two attached hydrogens (primary N) is 1. The van der Waals surface area contributed by atoms with Gasteiger partial charge in [0.1, 0.15) is 23.5 Å². The van der Waals surface area contributed by atoms with Gasteiger partial charge in [-0.05, 0) is 26.7 Å². The monoisotopic (exact) mass is 331 g/mol. The van der Waals surface area contributed by atoms with Gasteiger partial charge in [-0.25, -0.2) is 14.8 Å². The van der Waals surface area contributed by atoms with Gasteiger partial charge >= 0.3 is 5.97 Å². The molecule has 128 valence electrons. The molecule has 0 unspecified atom stereocenters. The van der Waals surface area contributed by atoms with Crippen molar-refractivity contribution < 1.29 is 14.3 Å². The fraction of sp³-hybridized carbons (Fsp3) is 0.500. The minimum atomic E-state index is -0.922. The number of H-pyrrole nitrogens is 1. The van der Waals surface area contributed by atoms with E-state index in [1.54, 1.807) is 20.0 Å². The highest BCUT2D eigenvalue weighted by atomic mass is 16.5. The van der Waals surface area contributed by atoms with E-state index in [0.717, 1.165) is 31.7 Å². The summed E-state index contributed by atoms with van der Waals surface area (Å²) in [6.07, 6.45) is 5.49. The van der Waals surface area contributed by atoms with Crippen molar-refractivity contribution in [1.82, 2.24) is 15.0 Å². The van der Waals surface area contributed by atoms with E-state index in [2.05, 4.69) is 19.9 Å². The van der Waals surface area contributed by atoms with Crippen molar-refractivity contribution in [2.45, 2.75) is 26.7 Å². The normalized spacial score (nSPS) is 15.0. The van der Waals surface area contributed by atoms with Crippen LogP contribution in [-0.4, -0.2) is 46.5 Å². The first-order chi connectivity index (χ1) is 11.4. The smallest absolute Gasteiger partial charge is 0.342 e. The Labute approximate surface area is 139 Å². The number of fused-ring (bicyclic) bond motifs is 1. The van der Waals surface area contributed by atoms with E-state index in [-0.39, 0.29) is 6.61 Å². The first-order valence-electron chi connectivity index (χ1n) is 7.94. The number of amides is 1. The molecule has 0 atom stereocenters. The average molecular weight is 331 g/mol. The minimum absolute atomic E-state index is 0.0902. The zero-order chi connectivity index (χ0) is 17.3. The van der Waals surface area contributed by atoms with Crippen LogP contribution < -0.4 is 10.6 Å². The lowest BCUT2D eigenvalue weighted by Crippen LogP contribution is -2.36. The second-order valence-corrected chi connectivity index (χ2v) is 6.65. The van der Waals surface area contributed by atoms with E-state index in [0.29, 0.717) is 16.7 Å². The topological polar surface area (TPSA) is 114 Å². The van der Waals surface area contributed by atoms with Crippen LogP contribution in [0.5, 0.6) is 0 Å². The lowest BCUT2D eigenvalue weighted by Gasteiger charge is -2.19. The highest BCUT2D eigenvalue weighted by molar-refractivity contribution is 6.01. The molecule has 0 aromatic carbocycles. The number of aromatic nitrogens is 3. The summed E-state index contributed by atoms with van der Waals surface area (Å²) in [6.45, 7) is 5.05. The Morgan fingerprint density at radius 2 is 2.08 bits per heavy atom. The Morgan fingerprint density at radius 1 is 1.38 bits per heavy atom. The van der Waals surface area contributed by atoms with Crippen LogP contribution in [0.2, 0.25) is 0 Å². The summed E-state index contributed by atoms with van der Waals surface area (Å²) >= 11 is 0. The summed E-state index contributed by atoms with van der Waals surface area (Å²) in [5.74, 6) is -0.320. The van der Waals surface area contributed by atoms with Gasteiger partial charge in [-0.1, -0.05) is 0 Å². The average Bonchev–Trinajstić information content (AvgIpc) is 3.21. The van der Waals surface area contributed by atoms with Gasteiger partial charge < -0.3 is 20.4 Å². The number of nitrogens with zero attached hydrogens (tertiary/aromatic N) is 3. The molecule has 1 fully saturated rings. The molecule has 1 aliphatic heterocycles. The number of hydrogen-bond donors (Lipinski definition) is 2. The van der Waals surface area contributed by atoms with Gasteiger partial charge in [0.15, 0.2) is 5.65 Å². The van der Waals surface area contributed by atoms with Crippen molar-refractivity contribution in [2.24, 2.45) is 11.1 Å². The van der Waals surface area contributed by atoms with Crippen LogP contribution in [0.15, 0.2) is 12.4 Å². The molecule has 0 aliphatic carbocycles. The molecule has 0 spiro atoms. The molecule has 1 saturated heterocycles. The lowest BCUT2D eigenvalue weighted by atomic mass is 9.94. The zero-order valence-corrected chi connectivity index (χ0v) is 13.8. The number of aromatic amines is 1. The van der Waals surface area contributed by atoms with Crippen molar-refractivity contribution in [2.75, 3.05) is 24.6 Å². The van der Waals surface area contributed by atoms with Gasteiger partial charge in [-0.3, -0.25) is 4.79 Å². The highest BCUT2D eigenvalue weighted by Gasteiger charge is 2.28. The van der Waals surface area contributed by atoms with E-state index in [1.807, 2.05) is 0 Å². The molecule has 1 aliphatic rings. The summed E-state index contributed by atoms with van der Waals surface area (Å²) in [5, 5.41) is 0. The summed E-state index contributed by atoms with van der Waals surface area (Å²) in [5.41, 5.74) is 5.67. The summed E-state index contributed by atoms with van der Waals surface area (Å²) in [6, 6.07) is 0. The number of nitrogens with one attached hydrogen (secondary N) is 1. The van der Waals surface area contributed by atoms with Crippen molar-refractivity contribution in [1.29, 1.82) is 0 Å². The van der Waals surface area contributed by atoms with Gasteiger partial charge in [0.2, 0.25) is 5.91 Å². The second kappa shape index (κ2) is 6.10. The number of primary amides is 1. The molecule has 24 heavy (non-hydrogen) atoms. The van der Waals surface area contributed by atoms with Crippen LogP contribution >= 0.6 is 0 Å². The Balaban J connectivity index is 1.82. The van der Waals surface area contributed by atoms with Crippen LogP contribution in [0.25, 0.3) is 11.2 Å². The summed E-state index contributed by atoms with van der Waals surface area (Å²) < 4.78 is 5.24. The molecule has 2 aromatic rings. The van der Waals surface area contributed by atoms with Crippen LogP contribution in [0.1, 0.15) is 37.0 Å². The number of esters is 1. The highest BCUT2D eigenvalue weighted by Crippen LogP contribution is 2.23. The Kier molecular flexibility index (Phi) is 4.13. The van der Waals surface area contributed by atoms with E-state index < -0.39 is 17.3 Å². The molecular formula is C16H21N5O3. The maximum absolute atomic E-state index is 12.3. The maximum atomic E-state index is 12.3. The lowest BCUT2D eigenvalue weighted by molar-refractivity contribution is -0.127. The van der Waals surface area contributed by atoms with Gasteiger partial charge in [0, 0.05) is 19.3 Å². The molecule has 2 aromatic heterocycles. The maximum Gasteiger partial charge on any atom is 0.342 e. The van der Waals surface area contributed by atoms with Crippen molar-refractivity contribution in [3.05, 3.63) is 18.0 Å². The Hall–Kier alpha value is -2.64. The predicted molar refractivity (Wildman–Crippen MR) is 88.6 cm³/mol. The molecule has 1 amide bonds. The molecule has 0 radical (unpaired) electrons. The van der Waals surface area contributed by atoms with Gasteiger partial charge in [0.25, 0.3) is 0 Å². The Bertz CT molecular complexity index is 777. The van der Waals surface area contributed by atoms with Crippen LogP contribution in [0.4, 0.5) is 5.82 Å². The fourth-order valence-electron chi connectivity index (χ4n) is 2.53. The molecule has 8 heteroatoms. The SMILES string of the molecule is CC(C)(COC(=O)c1c[nH]c2ncc(N3CCCC3)nc12)C(N)=O. The zero-order valence-electron chi connectivity index (χ0n) is 13.8. The van der Waals surface area contributed by atoms with Gasteiger partial charge in [-0.15, -0.1) is 0 Å². The molecule has 3 rings (SSSR count). The third kappa shape index (κ3) is 3.04. The van der Waals surface area contributed by atoms with Crippen molar-refractivity contribution in [3.63, 3.8) is 0 Å². The quantitative estimate of drug-likeness (QED) is 0.796. The van der Waals surface area contributed by atoms with Gasteiger partial charge in [-0.2, -0.15) is 0 Å². The summed E-state index contributed by atoms with van der Waals surface area (Å²) in [4.78, 5) is 37.6. The molecule has 3 N–H and O–H groups in total. The molecule has 0 saturated carbocycles. The largest absolute Gasteiger partial charge is 0.461 e. The van der Waals surface area contributed by atoms with E-state index >= 15 is 0 Å². The number of rotatable bonds is 5. The molecule has 0 bridgehead atoms. The number of carbonyl (C=O) groups is 2. The van der Waals surface area contributed by atoms with Crippen molar-refractivity contribution in [3.8, 4) is 0 Å². The first kappa shape index (κ1) is 16.2. The fourth-order valence-corrected chi connectivity index (χ4v) is 2.53. The number of anilines is 1. The van der Waals surface area contributed by atoms with Gasteiger partial charge in [0.05, 0.1) is 11.6 Å².